The number of alkyl halides is 1. The molecular formula is C11H19ClO. The average Bonchev–Trinajstić information content (AvgIpc) is 2.21. The van der Waals surface area contributed by atoms with Gasteiger partial charge in [0.1, 0.15) is 6.29 Å². The van der Waals surface area contributed by atoms with Crippen molar-refractivity contribution >= 4 is 17.9 Å². The molecule has 1 atom stereocenters. The van der Waals surface area contributed by atoms with Crippen LogP contribution >= 0.6 is 11.6 Å². The molecule has 1 aliphatic rings. The van der Waals surface area contributed by atoms with E-state index in [1.807, 2.05) is 0 Å². The molecule has 1 nitrogen and oxygen atoms in total. The second-order valence-electron chi connectivity index (χ2n) is 4.03. The van der Waals surface area contributed by atoms with Crippen molar-refractivity contribution in [3.8, 4) is 0 Å². The summed E-state index contributed by atoms with van der Waals surface area (Å²) in [7, 11) is 0. The van der Waals surface area contributed by atoms with Gasteiger partial charge in [0, 0.05) is 11.8 Å². The van der Waals surface area contributed by atoms with Gasteiger partial charge in [0.15, 0.2) is 0 Å². The van der Waals surface area contributed by atoms with E-state index in [4.69, 9.17) is 11.6 Å². The van der Waals surface area contributed by atoms with Crippen LogP contribution in [0.5, 0.6) is 0 Å². The van der Waals surface area contributed by atoms with Crippen LogP contribution in [-0.2, 0) is 4.79 Å². The normalized spacial score (nSPS) is 21.3. The maximum absolute atomic E-state index is 10.9. The molecule has 0 amide bonds. The van der Waals surface area contributed by atoms with E-state index in [1.165, 1.54) is 32.1 Å². The van der Waals surface area contributed by atoms with Gasteiger partial charge < -0.3 is 4.79 Å². The van der Waals surface area contributed by atoms with Gasteiger partial charge in [-0.25, -0.2) is 0 Å². The topological polar surface area (TPSA) is 17.1 Å². The largest absolute Gasteiger partial charge is 0.303 e. The molecule has 0 bridgehead atoms. The van der Waals surface area contributed by atoms with Crippen LogP contribution in [0.25, 0.3) is 0 Å². The second kappa shape index (κ2) is 6.42. The molecule has 0 N–H and O–H groups in total. The lowest BCUT2D eigenvalue weighted by Crippen LogP contribution is -2.19. The standard InChI is InChI=1S/C11H19ClO/c12-8-4-7-11(9-13)10-5-2-1-3-6-10/h9-11H,1-8H2. The number of rotatable bonds is 5. The quantitative estimate of drug-likeness (QED) is 0.493. The summed E-state index contributed by atoms with van der Waals surface area (Å²) in [6.45, 7) is 0. The van der Waals surface area contributed by atoms with Crippen molar-refractivity contribution in [2.75, 3.05) is 5.88 Å². The number of aldehydes is 1. The van der Waals surface area contributed by atoms with Gasteiger partial charge in [0.05, 0.1) is 0 Å². The van der Waals surface area contributed by atoms with E-state index in [0.29, 0.717) is 17.7 Å². The molecule has 0 heterocycles. The minimum Gasteiger partial charge on any atom is -0.303 e. The zero-order valence-corrected chi connectivity index (χ0v) is 8.93. The van der Waals surface area contributed by atoms with E-state index >= 15 is 0 Å². The van der Waals surface area contributed by atoms with Crippen molar-refractivity contribution in [3.05, 3.63) is 0 Å². The fourth-order valence-electron chi connectivity index (χ4n) is 2.29. The van der Waals surface area contributed by atoms with Crippen molar-refractivity contribution in [2.45, 2.75) is 44.9 Å². The highest BCUT2D eigenvalue weighted by Gasteiger charge is 2.22. The van der Waals surface area contributed by atoms with Gasteiger partial charge in [0.25, 0.3) is 0 Å². The Balaban J connectivity index is 2.30. The molecule has 0 saturated heterocycles. The van der Waals surface area contributed by atoms with Gasteiger partial charge in [-0.15, -0.1) is 11.6 Å². The van der Waals surface area contributed by atoms with E-state index < -0.39 is 0 Å². The Morgan fingerprint density at radius 3 is 2.54 bits per heavy atom. The van der Waals surface area contributed by atoms with E-state index in [9.17, 15) is 4.79 Å². The number of hydrogen-bond donors (Lipinski definition) is 0. The maximum atomic E-state index is 10.9. The molecular weight excluding hydrogens is 184 g/mol. The van der Waals surface area contributed by atoms with E-state index in [2.05, 4.69) is 0 Å². The highest BCUT2D eigenvalue weighted by molar-refractivity contribution is 6.17. The summed E-state index contributed by atoms with van der Waals surface area (Å²) in [6, 6.07) is 0. The van der Waals surface area contributed by atoms with Gasteiger partial charge in [-0.3, -0.25) is 0 Å². The molecule has 13 heavy (non-hydrogen) atoms. The Bertz CT molecular complexity index is 141. The maximum Gasteiger partial charge on any atom is 0.123 e. The number of carbonyl (C=O) groups is 1. The lowest BCUT2D eigenvalue weighted by atomic mass is 9.79. The molecule has 2 heteroatoms. The fourth-order valence-corrected chi connectivity index (χ4v) is 2.44. The summed E-state index contributed by atoms with van der Waals surface area (Å²) in [6.07, 6.45) is 9.64. The summed E-state index contributed by atoms with van der Waals surface area (Å²) < 4.78 is 0. The summed E-state index contributed by atoms with van der Waals surface area (Å²) in [5, 5.41) is 0. The smallest absolute Gasteiger partial charge is 0.123 e. The summed E-state index contributed by atoms with van der Waals surface area (Å²) >= 11 is 5.63. The predicted octanol–water partition coefficient (Wildman–Crippen LogP) is 3.40. The number of halogens is 1. The van der Waals surface area contributed by atoms with Crippen LogP contribution in [-0.4, -0.2) is 12.2 Å². The third-order valence-electron chi connectivity index (χ3n) is 3.10. The molecule has 1 saturated carbocycles. The Labute approximate surface area is 85.8 Å². The van der Waals surface area contributed by atoms with Crippen LogP contribution in [0.3, 0.4) is 0 Å². The van der Waals surface area contributed by atoms with Crippen LogP contribution in [0.15, 0.2) is 0 Å². The van der Waals surface area contributed by atoms with Crippen LogP contribution in [0, 0.1) is 11.8 Å². The first-order valence-corrected chi connectivity index (χ1v) is 5.93. The Hall–Kier alpha value is -0.0400. The molecule has 1 unspecified atom stereocenters. The van der Waals surface area contributed by atoms with Crippen molar-refractivity contribution in [1.82, 2.24) is 0 Å². The lowest BCUT2D eigenvalue weighted by Gasteiger charge is -2.26. The molecule has 0 radical (unpaired) electrons. The molecule has 0 aliphatic heterocycles. The monoisotopic (exact) mass is 202 g/mol. The van der Waals surface area contributed by atoms with E-state index in [-0.39, 0.29) is 0 Å². The van der Waals surface area contributed by atoms with Crippen molar-refractivity contribution in [3.63, 3.8) is 0 Å². The Morgan fingerprint density at radius 2 is 2.00 bits per heavy atom. The number of carbonyl (C=O) groups excluding carboxylic acids is 1. The van der Waals surface area contributed by atoms with Crippen LogP contribution < -0.4 is 0 Å². The second-order valence-corrected chi connectivity index (χ2v) is 4.41. The van der Waals surface area contributed by atoms with Crippen LogP contribution in [0.4, 0.5) is 0 Å². The molecule has 76 valence electrons. The first-order chi connectivity index (χ1) is 6.38. The highest BCUT2D eigenvalue weighted by atomic mass is 35.5. The minimum absolute atomic E-state index is 0.291. The molecule has 1 rings (SSSR count). The fraction of sp³-hybridized carbons (Fsp3) is 0.909. The zero-order valence-electron chi connectivity index (χ0n) is 8.18. The highest BCUT2D eigenvalue weighted by Crippen LogP contribution is 2.31. The van der Waals surface area contributed by atoms with Crippen molar-refractivity contribution < 1.29 is 4.79 Å². The van der Waals surface area contributed by atoms with Crippen LogP contribution in [0.1, 0.15) is 44.9 Å². The molecule has 0 aromatic carbocycles. The minimum atomic E-state index is 0.291. The van der Waals surface area contributed by atoms with Crippen LogP contribution in [0.2, 0.25) is 0 Å². The summed E-state index contributed by atoms with van der Waals surface area (Å²) in [4.78, 5) is 10.9. The third-order valence-corrected chi connectivity index (χ3v) is 3.37. The average molecular weight is 203 g/mol. The molecule has 0 aromatic heterocycles. The zero-order chi connectivity index (χ0) is 9.52. The predicted molar refractivity (Wildman–Crippen MR) is 56.1 cm³/mol. The first-order valence-electron chi connectivity index (χ1n) is 5.39. The molecule has 0 spiro atoms. The number of hydrogen-bond acceptors (Lipinski definition) is 1. The lowest BCUT2D eigenvalue weighted by molar-refractivity contribution is -0.113. The summed E-state index contributed by atoms with van der Waals surface area (Å²) in [5.41, 5.74) is 0. The Kier molecular flexibility index (Phi) is 5.45. The van der Waals surface area contributed by atoms with Gasteiger partial charge in [-0.05, 0) is 31.6 Å². The van der Waals surface area contributed by atoms with Gasteiger partial charge >= 0.3 is 0 Å². The third kappa shape index (κ3) is 3.68. The van der Waals surface area contributed by atoms with E-state index in [1.54, 1.807) is 0 Å². The van der Waals surface area contributed by atoms with Crippen molar-refractivity contribution in [2.24, 2.45) is 11.8 Å². The first kappa shape index (κ1) is 11.0. The molecule has 1 aliphatic carbocycles. The van der Waals surface area contributed by atoms with E-state index in [0.717, 1.165) is 19.1 Å². The van der Waals surface area contributed by atoms with Crippen molar-refractivity contribution in [1.29, 1.82) is 0 Å². The molecule has 1 fully saturated rings. The Morgan fingerprint density at radius 1 is 1.31 bits per heavy atom. The SMILES string of the molecule is O=CC(CCCCl)C1CCCCC1. The summed E-state index contributed by atoms with van der Waals surface area (Å²) in [5.74, 6) is 1.64. The molecule has 0 aromatic rings. The van der Waals surface area contributed by atoms with Gasteiger partial charge in [0.2, 0.25) is 0 Å². The van der Waals surface area contributed by atoms with Gasteiger partial charge in [-0.1, -0.05) is 19.3 Å². The van der Waals surface area contributed by atoms with Gasteiger partial charge in [-0.2, -0.15) is 0 Å².